The Bertz CT molecular complexity index is 2210. The van der Waals surface area contributed by atoms with Gasteiger partial charge in [0.2, 0.25) is 10.6 Å². The number of rotatable bonds is 7. The molecule has 3 amide bonds. The number of nitrogens with one attached hydrogen (secondary N) is 1. The van der Waals surface area contributed by atoms with E-state index >= 15 is 0 Å². The van der Waals surface area contributed by atoms with Gasteiger partial charge in [0.15, 0.2) is 12.4 Å². The van der Waals surface area contributed by atoms with E-state index in [1.165, 1.54) is 42.7 Å². The first kappa shape index (κ1) is 39.3. The van der Waals surface area contributed by atoms with E-state index in [1.807, 2.05) is 29.7 Å². The highest BCUT2D eigenvalue weighted by Crippen LogP contribution is 2.46. The summed E-state index contributed by atoms with van der Waals surface area (Å²) >= 11 is 1.24. The zero-order valence-corrected chi connectivity index (χ0v) is 33.0. The van der Waals surface area contributed by atoms with Crippen LogP contribution in [0.1, 0.15) is 52.4 Å². The molecule has 4 aromatic rings. The maximum absolute atomic E-state index is 14.5. The molecule has 3 aliphatic rings. The molecule has 0 saturated carbocycles. The molecule has 0 bridgehead atoms. The van der Waals surface area contributed by atoms with Crippen molar-refractivity contribution >= 4 is 40.5 Å². The zero-order valence-electron chi connectivity index (χ0n) is 32.2. The minimum atomic E-state index is -0.676. The van der Waals surface area contributed by atoms with Crippen molar-refractivity contribution in [3.05, 3.63) is 76.6 Å². The summed E-state index contributed by atoms with van der Waals surface area (Å²) < 4.78 is 44.0. The molecular weight excluding hydrogens is 728 g/mol. The molecule has 3 aromatic carbocycles. The lowest BCUT2D eigenvalue weighted by atomic mass is 9.76. The van der Waals surface area contributed by atoms with Gasteiger partial charge in [-0.15, -0.1) is 6.42 Å². The molecule has 1 aromatic heterocycles. The molecular formula is C40H45FN6O7S. The highest BCUT2D eigenvalue weighted by molar-refractivity contribution is 7.02. The summed E-state index contributed by atoms with van der Waals surface area (Å²) in [6.45, 7) is 11.4. The van der Waals surface area contributed by atoms with E-state index in [-0.39, 0.29) is 41.6 Å². The number of hydrogen-bond acceptors (Lipinski definition) is 10. The van der Waals surface area contributed by atoms with Gasteiger partial charge in [-0.2, -0.15) is 4.37 Å². The molecule has 55 heavy (non-hydrogen) atoms. The number of nitrogens with zero attached hydrogens (tertiary/aromatic N) is 5. The standard InChI is InChI=1S/C22H28N2O5.C18H17FN4O2S/c1-21(2)14-22(3,26-5)29-19-13-17(11-12-18(19)21)28-16-9-7-15(8-10-16)23-20(25)24(4)27-6;1-4-5-22-13-7-12(11(19)6-14(13)25-9-16(22)24)20-17-23-10-18(2,3)8-15(23)21-26-17/h7-13H,14H2,1-6H3,(H,23,25);1,6-7H,5,8-10H2,2-3H3/b;20-17-. The Morgan fingerprint density at radius 3 is 2.51 bits per heavy atom. The molecule has 13 nitrogen and oxygen atoms in total. The molecule has 7 rings (SSSR count). The number of amides is 3. The molecule has 0 radical (unpaired) electrons. The van der Waals surface area contributed by atoms with Crippen molar-refractivity contribution < 1.29 is 37.8 Å². The number of hydrogen-bond donors (Lipinski definition) is 1. The van der Waals surface area contributed by atoms with E-state index in [9.17, 15) is 14.0 Å². The normalized spacial score (nSPS) is 19.0. The fourth-order valence-electron chi connectivity index (χ4n) is 6.76. The Morgan fingerprint density at radius 2 is 1.82 bits per heavy atom. The van der Waals surface area contributed by atoms with Crippen LogP contribution in [0.25, 0.3) is 0 Å². The summed E-state index contributed by atoms with van der Waals surface area (Å²) in [4.78, 5) is 35.2. The number of urea groups is 1. The average Bonchev–Trinajstić information content (AvgIpc) is 3.64. The van der Waals surface area contributed by atoms with Crippen LogP contribution in [-0.4, -0.2) is 66.1 Å². The van der Waals surface area contributed by atoms with Crippen LogP contribution >= 0.6 is 11.5 Å². The smallest absolute Gasteiger partial charge is 0.345 e. The van der Waals surface area contributed by atoms with Gasteiger partial charge in [-0.1, -0.05) is 39.7 Å². The summed E-state index contributed by atoms with van der Waals surface area (Å²) in [5, 5.41) is 3.83. The van der Waals surface area contributed by atoms with Crippen LogP contribution in [0.4, 0.5) is 26.2 Å². The first-order valence-corrected chi connectivity index (χ1v) is 18.4. The van der Waals surface area contributed by atoms with Crippen molar-refractivity contribution in [1.82, 2.24) is 14.0 Å². The predicted molar refractivity (Wildman–Crippen MR) is 206 cm³/mol. The summed E-state index contributed by atoms with van der Waals surface area (Å²) in [5.41, 5.74) is 2.36. The SMILES string of the molecule is C#CCN1C(=O)COc2cc(F)c(/N=c3\snc4n3CC(C)(C)C4)cc21.CON(C)C(=O)Nc1ccc(Oc2ccc3c(c2)OC(C)(OC)CC3(C)C)cc1. The van der Waals surface area contributed by atoms with Gasteiger partial charge in [-0.25, -0.2) is 19.2 Å². The van der Waals surface area contributed by atoms with E-state index in [0.29, 0.717) is 33.4 Å². The number of terminal acetylenes is 1. The first-order chi connectivity index (χ1) is 26.0. The van der Waals surface area contributed by atoms with Gasteiger partial charge in [-0.05, 0) is 47.2 Å². The van der Waals surface area contributed by atoms with Crippen LogP contribution in [0.15, 0.2) is 59.6 Å². The fraction of sp³-hybridized carbons (Fsp3) is 0.400. The van der Waals surface area contributed by atoms with Crippen molar-refractivity contribution in [2.24, 2.45) is 10.4 Å². The van der Waals surface area contributed by atoms with Crippen LogP contribution in [0.3, 0.4) is 0 Å². The summed E-state index contributed by atoms with van der Waals surface area (Å²) in [5.74, 6) is 4.31. The number of methoxy groups -OCH3 is 1. The van der Waals surface area contributed by atoms with Gasteiger partial charge >= 0.3 is 6.03 Å². The van der Waals surface area contributed by atoms with Crippen LogP contribution in [-0.2, 0) is 32.7 Å². The number of anilines is 2. The van der Waals surface area contributed by atoms with Gasteiger partial charge in [-0.3, -0.25) is 14.5 Å². The highest BCUT2D eigenvalue weighted by atomic mass is 32.1. The molecule has 4 heterocycles. The lowest BCUT2D eigenvalue weighted by molar-refractivity contribution is -0.172. The van der Waals surface area contributed by atoms with Gasteiger partial charge in [0.05, 0.1) is 19.3 Å². The monoisotopic (exact) mass is 772 g/mol. The molecule has 1 unspecified atom stereocenters. The Morgan fingerprint density at radius 1 is 1.09 bits per heavy atom. The molecule has 3 aliphatic heterocycles. The third-order valence-electron chi connectivity index (χ3n) is 9.54. The van der Waals surface area contributed by atoms with Crippen molar-refractivity contribution in [1.29, 1.82) is 0 Å². The molecule has 0 spiro atoms. The fourth-order valence-corrected chi connectivity index (χ4v) is 7.52. The number of benzene rings is 3. The van der Waals surface area contributed by atoms with Gasteiger partial charge in [0.1, 0.15) is 34.5 Å². The second kappa shape index (κ2) is 15.4. The van der Waals surface area contributed by atoms with Crippen molar-refractivity contribution in [3.8, 4) is 35.3 Å². The quantitative estimate of drug-likeness (QED) is 0.155. The van der Waals surface area contributed by atoms with E-state index in [4.69, 9.17) is 30.2 Å². The van der Waals surface area contributed by atoms with Crippen LogP contribution in [0, 0.1) is 23.6 Å². The number of fused-ring (bicyclic) bond motifs is 3. The second-order valence-electron chi connectivity index (χ2n) is 15.1. The van der Waals surface area contributed by atoms with E-state index < -0.39 is 11.6 Å². The molecule has 15 heteroatoms. The zero-order chi connectivity index (χ0) is 39.7. The third-order valence-corrected chi connectivity index (χ3v) is 10.3. The number of carbonyl (C=O) groups excluding carboxylic acids is 2. The van der Waals surface area contributed by atoms with Gasteiger partial charge < -0.3 is 28.8 Å². The topological polar surface area (TPSA) is 129 Å². The molecule has 0 aliphatic carbocycles. The van der Waals surface area contributed by atoms with Crippen LogP contribution < -0.4 is 29.2 Å². The summed E-state index contributed by atoms with van der Waals surface area (Å²) in [6.07, 6.45) is 6.98. The Balaban J connectivity index is 0.000000188. The van der Waals surface area contributed by atoms with Gasteiger partial charge in [0.25, 0.3) is 5.91 Å². The minimum absolute atomic E-state index is 0.0773. The van der Waals surface area contributed by atoms with Crippen molar-refractivity contribution in [3.63, 3.8) is 0 Å². The van der Waals surface area contributed by atoms with Gasteiger partial charge in [0, 0.05) is 75.4 Å². The number of carbonyl (C=O) groups is 2. The number of hydroxylamine groups is 2. The minimum Gasteiger partial charge on any atom is -0.481 e. The van der Waals surface area contributed by atoms with Crippen LogP contribution in [0.5, 0.6) is 23.0 Å². The lowest BCUT2D eigenvalue weighted by Gasteiger charge is -2.43. The Labute approximate surface area is 323 Å². The first-order valence-electron chi connectivity index (χ1n) is 17.6. The highest BCUT2D eigenvalue weighted by Gasteiger charge is 2.42. The third kappa shape index (κ3) is 8.62. The number of halogens is 1. The van der Waals surface area contributed by atoms with E-state index in [0.717, 1.165) is 41.6 Å². The largest absolute Gasteiger partial charge is 0.481 e. The maximum Gasteiger partial charge on any atom is 0.345 e. The molecule has 0 fully saturated rings. The summed E-state index contributed by atoms with van der Waals surface area (Å²) in [6, 6.07) is 15.3. The number of ether oxygens (including phenoxy) is 4. The van der Waals surface area contributed by atoms with E-state index in [1.54, 1.807) is 31.4 Å². The van der Waals surface area contributed by atoms with Crippen LogP contribution in [0.2, 0.25) is 0 Å². The second-order valence-corrected chi connectivity index (χ2v) is 15.8. The Kier molecular flexibility index (Phi) is 11.0. The average molecular weight is 773 g/mol. The maximum atomic E-state index is 14.5. The predicted octanol–water partition coefficient (Wildman–Crippen LogP) is 7.18. The summed E-state index contributed by atoms with van der Waals surface area (Å²) in [7, 11) is 4.61. The molecule has 1 N–H and O–H groups in total. The molecule has 0 saturated heterocycles. The van der Waals surface area contributed by atoms with Crippen molar-refractivity contribution in [2.45, 2.75) is 65.2 Å². The molecule has 290 valence electrons. The van der Waals surface area contributed by atoms with E-state index in [2.05, 4.69) is 48.3 Å². The lowest BCUT2D eigenvalue weighted by Crippen LogP contribution is -2.45. The van der Waals surface area contributed by atoms with Crippen molar-refractivity contribution in [2.75, 3.05) is 44.6 Å². The Hall–Kier alpha value is -5.43. The molecule has 1 atom stereocenters. The number of aromatic nitrogens is 2.